The number of aromatic nitrogens is 2. The maximum Gasteiger partial charge on any atom is 0.133 e. The summed E-state index contributed by atoms with van der Waals surface area (Å²) < 4.78 is 0. The first kappa shape index (κ1) is 16.1. The van der Waals surface area contributed by atoms with Crippen molar-refractivity contribution in [1.82, 2.24) is 9.97 Å². The molecule has 1 aromatic carbocycles. The molecule has 1 heterocycles. The number of halogens is 2. The summed E-state index contributed by atoms with van der Waals surface area (Å²) in [6.45, 7) is 7.15. The summed E-state index contributed by atoms with van der Waals surface area (Å²) in [7, 11) is 0. The van der Waals surface area contributed by atoms with Gasteiger partial charge in [0.05, 0.1) is 5.69 Å². The maximum atomic E-state index is 6.08. The standard InChI is InChI=1S/C16H19Cl2N3/c1-4-5-19-15-9-14(20-16(21-15)10(2)3)11-6-12(17)8-13(18)7-11/h6-10H,4-5H2,1-3H3,(H,19,20,21). The molecule has 0 bridgehead atoms. The van der Waals surface area contributed by atoms with Crippen LogP contribution in [0.3, 0.4) is 0 Å². The van der Waals surface area contributed by atoms with E-state index >= 15 is 0 Å². The van der Waals surface area contributed by atoms with Gasteiger partial charge in [0, 0.05) is 34.1 Å². The van der Waals surface area contributed by atoms with Gasteiger partial charge in [-0.2, -0.15) is 0 Å². The molecule has 0 amide bonds. The average molecular weight is 324 g/mol. The molecule has 0 radical (unpaired) electrons. The first-order chi connectivity index (χ1) is 9.99. The van der Waals surface area contributed by atoms with Crippen LogP contribution in [0.4, 0.5) is 5.82 Å². The monoisotopic (exact) mass is 323 g/mol. The predicted molar refractivity (Wildman–Crippen MR) is 90.4 cm³/mol. The van der Waals surface area contributed by atoms with Crippen LogP contribution >= 0.6 is 23.2 Å². The van der Waals surface area contributed by atoms with Crippen molar-refractivity contribution in [2.45, 2.75) is 33.1 Å². The fraction of sp³-hybridized carbons (Fsp3) is 0.375. The molecule has 5 heteroatoms. The molecular weight excluding hydrogens is 305 g/mol. The lowest BCUT2D eigenvalue weighted by Crippen LogP contribution is -2.07. The maximum absolute atomic E-state index is 6.08. The van der Waals surface area contributed by atoms with Crippen LogP contribution in [0.1, 0.15) is 38.9 Å². The Morgan fingerprint density at radius 3 is 2.29 bits per heavy atom. The molecule has 0 aliphatic rings. The van der Waals surface area contributed by atoms with Gasteiger partial charge in [0.25, 0.3) is 0 Å². The summed E-state index contributed by atoms with van der Waals surface area (Å²) in [5, 5.41) is 4.52. The molecule has 0 unspecified atom stereocenters. The van der Waals surface area contributed by atoms with Crippen LogP contribution in [0.15, 0.2) is 24.3 Å². The first-order valence-corrected chi connectivity index (χ1v) is 7.84. The van der Waals surface area contributed by atoms with Crippen LogP contribution in [0.5, 0.6) is 0 Å². The van der Waals surface area contributed by atoms with Gasteiger partial charge >= 0.3 is 0 Å². The first-order valence-electron chi connectivity index (χ1n) is 7.09. The zero-order valence-electron chi connectivity index (χ0n) is 12.5. The Balaban J connectivity index is 2.48. The SMILES string of the molecule is CCCNc1cc(-c2cc(Cl)cc(Cl)c2)nc(C(C)C)n1. The zero-order chi connectivity index (χ0) is 15.4. The van der Waals surface area contributed by atoms with Crippen molar-refractivity contribution >= 4 is 29.0 Å². The van der Waals surface area contributed by atoms with E-state index in [2.05, 4.69) is 36.1 Å². The molecule has 0 spiro atoms. The Bertz CT molecular complexity index is 607. The number of anilines is 1. The summed E-state index contributed by atoms with van der Waals surface area (Å²) in [5.41, 5.74) is 1.73. The number of hydrogen-bond acceptors (Lipinski definition) is 3. The molecule has 0 aliphatic heterocycles. The highest BCUT2D eigenvalue weighted by Gasteiger charge is 2.10. The van der Waals surface area contributed by atoms with Gasteiger partial charge in [-0.25, -0.2) is 9.97 Å². The second-order valence-corrected chi connectivity index (χ2v) is 6.11. The quantitative estimate of drug-likeness (QED) is 0.800. The Morgan fingerprint density at radius 2 is 1.71 bits per heavy atom. The number of nitrogens with zero attached hydrogens (tertiary/aromatic N) is 2. The number of benzene rings is 1. The van der Waals surface area contributed by atoms with E-state index in [9.17, 15) is 0 Å². The molecule has 1 N–H and O–H groups in total. The van der Waals surface area contributed by atoms with Crippen LogP contribution in [0.2, 0.25) is 10.0 Å². The van der Waals surface area contributed by atoms with Crippen LogP contribution in [-0.4, -0.2) is 16.5 Å². The van der Waals surface area contributed by atoms with E-state index in [4.69, 9.17) is 23.2 Å². The molecule has 1 aromatic heterocycles. The predicted octanol–water partition coefficient (Wildman–Crippen LogP) is 5.40. The highest BCUT2D eigenvalue weighted by molar-refractivity contribution is 6.35. The smallest absolute Gasteiger partial charge is 0.133 e. The topological polar surface area (TPSA) is 37.8 Å². The van der Waals surface area contributed by atoms with Crippen molar-refractivity contribution in [3.63, 3.8) is 0 Å². The summed E-state index contributed by atoms with van der Waals surface area (Å²) in [6, 6.07) is 7.38. The van der Waals surface area contributed by atoms with Gasteiger partial charge in [0.2, 0.25) is 0 Å². The third-order valence-electron chi connectivity index (χ3n) is 2.97. The van der Waals surface area contributed by atoms with Crippen molar-refractivity contribution in [2.75, 3.05) is 11.9 Å². The van der Waals surface area contributed by atoms with Crippen LogP contribution in [0.25, 0.3) is 11.3 Å². The molecule has 0 atom stereocenters. The number of rotatable bonds is 5. The summed E-state index contributed by atoms with van der Waals surface area (Å²) in [4.78, 5) is 9.18. The molecule has 0 fully saturated rings. The van der Waals surface area contributed by atoms with Crippen molar-refractivity contribution < 1.29 is 0 Å². The summed E-state index contributed by atoms with van der Waals surface area (Å²) >= 11 is 12.2. The van der Waals surface area contributed by atoms with E-state index in [1.807, 2.05) is 18.2 Å². The van der Waals surface area contributed by atoms with E-state index in [-0.39, 0.29) is 5.92 Å². The normalized spacial score (nSPS) is 11.0. The molecule has 2 rings (SSSR count). The molecule has 0 saturated heterocycles. The van der Waals surface area contributed by atoms with Gasteiger partial charge in [-0.3, -0.25) is 0 Å². The molecule has 2 aromatic rings. The number of nitrogens with one attached hydrogen (secondary N) is 1. The minimum Gasteiger partial charge on any atom is -0.370 e. The van der Waals surface area contributed by atoms with Crippen molar-refractivity contribution in [1.29, 1.82) is 0 Å². The van der Waals surface area contributed by atoms with E-state index in [1.54, 1.807) is 6.07 Å². The molecule has 0 saturated carbocycles. The Hall–Kier alpha value is -1.32. The van der Waals surface area contributed by atoms with Gasteiger partial charge < -0.3 is 5.32 Å². The van der Waals surface area contributed by atoms with Gasteiger partial charge in [-0.15, -0.1) is 0 Å². The summed E-state index contributed by atoms with van der Waals surface area (Å²) in [6.07, 6.45) is 1.04. The Kier molecular flexibility index (Phi) is 5.43. The van der Waals surface area contributed by atoms with Crippen LogP contribution in [0, 0.1) is 0 Å². The average Bonchev–Trinajstić information content (AvgIpc) is 2.43. The highest BCUT2D eigenvalue weighted by atomic mass is 35.5. The van der Waals surface area contributed by atoms with Crippen LogP contribution < -0.4 is 5.32 Å². The lowest BCUT2D eigenvalue weighted by atomic mass is 10.1. The third-order valence-corrected chi connectivity index (χ3v) is 3.41. The number of hydrogen-bond donors (Lipinski definition) is 1. The lowest BCUT2D eigenvalue weighted by Gasteiger charge is -2.12. The molecule has 3 nitrogen and oxygen atoms in total. The Labute approximate surface area is 135 Å². The minimum absolute atomic E-state index is 0.252. The molecular formula is C16H19Cl2N3. The largest absolute Gasteiger partial charge is 0.370 e. The van der Waals surface area contributed by atoms with Crippen molar-refractivity contribution in [2.24, 2.45) is 0 Å². The van der Waals surface area contributed by atoms with Gasteiger partial charge in [0.1, 0.15) is 11.6 Å². The fourth-order valence-corrected chi connectivity index (χ4v) is 2.44. The summed E-state index contributed by atoms with van der Waals surface area (Å²) in [5.74, 6) is 1.89. The third kappa shape index (κ3) is 4.32. The van der Waals surface area contributed by atoms with E-state index in [1.165, 1.54) is 0 Å². The Morgan fingerprint density at radius 1 is 1.05 bits per heavy atom. The van der Waals surface area contributed by atoms with Crippen molar-refractivity contribution in [3.05, 3.63) is 40.1 Å². The zero-order valence-corrected chi connectivity index (χ0v) is 14.0. The lowest BCUT2D eigenvalue weighted by molar-refractivity contribution is 0.775. The van der Waals surface area contributed by atoms with Crippen molar-refractivity contribution in [3.8, 4) is 11.3 Å². The van der Waals surface area contributed by atoms with E-state index < -0.39 is 0 Å². The minimum atomic E-state index is 0.252. The van der Waals surface area contributed by atoms with Gasteiger partial charge in [0.15, 0.2) is 0 Å². The second kappa shape index (κ2) is 7.10. The van der Waals surface area contributed by atoms with Gasteiger partial charge in [-0.1, -0.05) is 44.0 Å². The van der Waals surface area contributed by atoms with Gasteiger partial charge in [-0.05, 0) is 24.6 Å². The molecule has 21 heavy (non-hydrogen) atoms. The fourth-order valence-electron chi connectivity index (χ4n) is 1.92. The second-order valence-electron chi connectivity index (χ2n) is 5.24. The van der Waals surface area contributed by atoms with E-state index in [0.29, 0.717) is 10.0 Å². The van der Waals surface area contributed by atoms with Crippen LogP contribution in [-0.2, 0) is 0 Å². The van der Waals surface area contributed by atoms with E-state index in [0.717, 1.165) is 35.9 Å². The molecule has 0 aliphatic carbocycles. The molecule has 112 valence electrons. The highest BCUT2D eigenvalue weighted by Crippen LogP contribution is 2.28.